The van der Waals surface area contributed by atoms with E-state index in [1.54, 1.807) is 19.1 Å². The van der Waals surface area contributed by atoms with Crippen molar-refractivity contribution in [1.82, 2.24) is 19.5 Å². The molecule has 1 atom stereocenters. The van der Waals surface area contributed by atoms with Gasteiger partial charge in [0, 0.05) is 0 Å². The fraction of sp³-hybridized carbons (Fsp3) is 0.444. The summed E-state index contributed by atoms with van der Waals surface area (Å²) in [6.45, 7) is 3.68. The van der Waals surface area contributed by atoms with Gasteiger partial charge in [0.2, 0.25) is 10.8 Å². The quantitative estimate of drug-likeness (QED) is 0.769. The van der Waals surface area contributed by atoms with E-state index < -0.39 is 0 Å². The summed E-state index contributed by atoms with van der Waals surface area (Å²) in [7, 11) is 0. The van der Waals surface area contributed by atoms with Crippen molar-refractivity contribution in [3.63, 3.8) is 0 Å². The number of nitrogens with zero attached hydrogens (tertiary/aromatic N) is 4. The van der Waals surface area contributed by atoms with E-state index in [1.807, 2.05) is 6.07 Å². The van der Waals surface area contributed by atoms with Gasteiger partial charge < -0.3 is 5.11 Å². The summed E-state index contributed by atoms with van der Waals surface area (Å²) < 4.78 is 15.4. The number of hydrogen-bond donors (Lipinski definition) is 1. The summed E-state index contributed by atoms with van der Waals surface area (Å²) in [6.07, 6.45) is 4.67. The van der Waals surface area contributed by atoms with Crippen LogP contribution < -0.4 is 0 Å². The smallest absolute Gasteiger partial charge is 0.230 e. The van der Waals surface area contributed by atoms with Gasteiger partial charge in [-0.15, -0.1) is 5.10 Å². The standard InChI is InChI=1S/C18H21FN4OS/c1-12-20-18-23(21-12)17(24)16(25-18)15(13-7-6-8-14(19)11-13)22-9-4-2-3-5-10-22/h6-8,11,15,24H,2-5,9-10H2,1H3/t15-/m1/s1. The normalized spacial score (nSPS) is 17.7. The van der Waals surface area contributed by atoms with Crippen LogP contribution in [0.4, 0.5) is 4.39 Å². The van der Waals surface area contributed by atoms with Gasteiger partial charge in [0.25, 0.3) is 0 Å². The lowest BCUT2D eigenvalue weighted by molar-refractivity contribution is 0.232. The summed E-state index contributed by atoms with van der Waals surface area (Å²) >= 11 is 1.43. The van der Waals surface area contributed by atoms with Crippen LogP contribution in [0.25, 0.3) is 4.96 Å². The highest BCUT2D eigenvalue weighted by atomic mass is 32.1. The highest BCUT2D eigenvalue weighted by Gasteiger charge is 2.30. The van der Waals surface area contributed by atoms with E-state index in [9.17, 15) is 9.50 Å². The molecule has 0 radical (unpaired) electrons. The van der Waals surface area contributed by atoms with Gasteiger partial charge in [-0.25, -0.2) is 9.37 Å². The van der Waals surface area contributed by atoms with Crippen molar-refractivity contribution in [1.29, 1.82) is 0 Å². The zero-order valence-electron chi connectivity index (χ0n) is 14.2. The molecule has 132 valence electrons. The van der Waals surface area contributed by atoms with Gasteiger partial charge in [-0.1, -0.05) is 36.3 Å². The summed E-state index contributed by atoms with van der Waals surface area (Å²) in [5.41, 5.74) is 0.860. The maximum atomic E-state index is 13.9. The van der Waals surface area contributed by atoms with Crippen molar-refractivity contribution in [2.45, 2.75) is 38.6 Å². The van der Waals surface area contributed by atoms with Gasteiger partial charge in [-0.2, -0.15) is 4.52 Å². The van der Waals surface area contributed by atoms with E-state index in [1.165, 1.54) is 34.8 Å². The molecule has 7 heteroatoms. The Morgan fingerprint density at radius 3 is 2.64 bits per heavy atom. The summed E-state index contributed by atoms with van der Waals surface area (Å²) in [5.74, 6) is 0.483. The molecule has 0 unspecified atom stereocenters. The van der Waals surface area contributed by atoms with E-state index in [0.29, 0.717) is 10.8 Å². The lowest BCUT2D eigenvalue weighted by atomic mass is 10.0. The maximum absolute atomic E-state index is 13.9. The second-order valence-corrected chi connectivity index (χ2v) is 7.56. The second-order valence-electron chi connectivity index (χ2n) is 6.55. The lowest BCUT2D eigenvalue weighted by Gasteiger charge is -2.30. The summed E-state index contributed by atoms with van der Waals surface area (Å²) in [6, 6.07) is 6.50. The lowest BCUT2D eigenvalue weighted by Crippen LogP contribution is -2.30. The first-order valence-corrected chi connectivity index (χ1v) is 9.49. The van der Waals surface area contributed by atoms with Crippen LogP contribution in [0, 0.1) is 12.7 Å². The minimum absolute atomic E-state index is 0.110. The van der Waals surface area contributed by atoms with Crippen LogP contribution in [0.15, 0.2) is 24.3 Å². The molecule has 1 aliphatic heterocycles. The number of rotatable bonds is 3. The third kappa shape index (κ3) is 3.14. The Bertz CT molecular complexity index is 882. The minimum Gasteiger partial charge on any atom is -0.492 e. The minimum atomic E-state index is -0.257. The second kappa shape index (κ2) is 6.72. The molecule has 25 heavy (non-hydrogen) atoms. The Kier molecular flexibility index (Phi) is 4.43. The van der Waals surface area contributed by atoms with Crippen molar-refractivity contribution in [2.75, 3.05) is 13.1 Å². The Balaban J connectivity index is 1.83. The molecule has 3 aromatic rings. The predicted molar refractivity (Wildman–Crippen MR) is 95.5 cm³/mol. The van der Waals surface area contributed by atoms with E-state index in [-0.39, 0.29) is 17.7 Å². The van der Waals surface area contributed by atoms with Crippen LogP contribution in [-0.4, -0.2) is 37.7 Å². The van der Waals surface area contributed by atoms with Gasteiger partial charge in [0.15, 0.2) is 0 Å². The molecule has 1 fully saturated rings. The van der Waals surface area contributed by atoms with Crippen LogP contribution in [-0.2, 0) is 0 Å². The zero-order valence-corrected chi connectivity index (χ0v) is 15.0. The highest BCUT2D eigenvalue weighted by Crippen LogP contribution is 2.40. The van der Waals surface area contributed by atoms with E-state index >= 15 is 0 Å². The Labute approximate surface area is 149 Å². The number of fused-ring (bicyclic) bond motifs is 1. The number of thiazole rings is 1. The molecular weight excluding hydrogens is 339 g/mol. The molecule has 0 saturated carbocycles. The SMILES string of the molecule is Cc1nc2sc([C@@H](c3cccc(F)c3)N3CCCCCC3)c(O)n2n1. The summed E-state index contributed by atoms with van der Waals surface area (Å²) in [4.78, 5) is 8.16. The first-order valence-electron chi connectivity index (χ1n) is 8.68. The van der Waals surface area contributed by atoms with Gasteiger partial charge in [-0.3, -0.25) is 4.90 Å². The topological polar surface area (TPSA) is 53.7 Å². The first kappa shape index (κ1) is 16.5. The molecule has 0 bridgehead atoms. The number of halogens is 1. The van der Waals surface area contributed by atoms with Crippen LogP contribution in [0.5, 0.6) is 5.88 Å². The molecule has 5 nitrogen and oxygen atoms in total. The molecule has 1 N–H and O–H groups in total. The number of aromatic nitrogens is 3. The maximum Gasteiger partial charge on any atom is 0.230 e. The van der Waals surface area contributed by atoms with Gasteiger partial charge in [0.05, 0.1) is 10.9 Å². The number of hydrogen-bond acceptors (Lipinski definition) is 5. The van der Waals surface area contributed by atoms with Crippen molar-refractivity contribution < 1.29 is 9.50 Å². The predicted octanol–water partition coefficient (Wildman–Crippen LogP) is 3.91. The first-order chi connectivity index (χ1) is 12.1. The monoisotopic (exact) mass is 360 g/mol. The molecular formula is C18H21FN4OS. The van der Waals surface area contributed by atoms with Crippen molar-refractivity contribution >= 4 is 16.3 Å². The van der Waals surface area contributed by atoms with Crippen molar-refractivity contribution in [3.8, 4) is 5.88 Å². The molecule has 1 aromatic carbocycles. The molecule has 0 amide bonds. The van der Waals surface area contributed by atoms with Gasteiger partial charge in [-0.05, 0) is 50.6 Å². The third-order valence-electron chi connectivity index (χ3n) is 4.72. The third-order valence-corrected chi connectivity index (χ3v) is 5.80. The Morgan fingerprint density at radius 2 is 1.96 bits per heavy atom. The zero-order chi connectivity index (χ0) is 17.4. The fourth-order valence-corrected chi connectivity index (χ4v) is 4.75. The highest BCUT2D eigenvalue weighted by molar-refractivity contribution is 7.17. The molecule has 0 aliphatic carbocycles. The van der Waals surface area contributed by atoms with Crippen molar-refractivity contribution in [2.24, 2.45) is 0 Å². The van der Waals surface area contributed by atoms with E-state index in [2.05, 4.69) is 15.0 Å². The average molecular weight is 360 g/mol. The largest absolute Gasteiger partial charge is 0.492 e. The summed E-state index contributed by atoms with van der Waals surface area (Å²) in [5, 5.41) is 15.0. The molecule has 4 rings (SSSR count). The number of aryl methyl sites for hydroxylation is 1. The molecule has 3 heterocycles. The average Bonchev–Trinajstić information content (AvgIpc) is 2.95. The van der Waals surface area contributed by atoms with E-state index in [4.69, 9.17) is 0 Å². The molecule has 0 spiro atoms. The number of benzene rings is 1. The Hall–Kier alpha value is -1.99. The van der Waals surface area contributed by atoms with E-state index in [0.717, 1.165) is 36.4 Å². The molecule has 1 aliphatic rings. The van der Waals surface area contributed by atoms with Crippen molar-refractivity contribution in [3.05, 3.63) is 46.3 Å². The van der Waals surface area contributed by atoms with Crippen LogP contribution in [0.3, 0.4) is 0 Å². The van der Waals surface area contributed by atoms with Crippen LogP contribution >= 0.6 is 11.3 Å². The van der Waals surface area contributed by atoms with Gasteiger partial charge in [0.1, 0.15) is 11.6 Å². The fourth-order valence-electron chi connectivity index (χ4n) is 3.58. The van der Waals surface area contributed by atoms with Crippen LogP contribution in [0.1, 0.15) is 48.0 Å². The number of likely N-dealkylation sites (tertiary alicyclic amines) is 1. The molecule has 2 aromatic heterocycles. The number of aromatic hydroxyl groups is 1. The van der Waals surface area contributed by atoms with Gasteiger partial charge >= 0.3 is 0 Å². The Morgan fingerprint density at radius 1 is 1.20 bits per heavy atom. The van der Waals surface area contributed by atoms with Crippen LogP contribution in [0.2, 0.25) is 0 Å². The molecule has 1 saturated heterocycles.